The summed E-state index contributed by atoms with van der Waals surface area (Å²) >= 11 is 3.30. The first-order valence-electron chi connectivity index (χ1n) is 6.66. The van der Waals surface area contributed by atoms with Gasteiger partial charge in [0.15, 0.2) is 0 Å². The average molecular weight is 329 g/mol. The Morgan fingerprint density at radius 1 is 1.18 bits per heavy atom. The second-order valence-corrected chi connectivity index (χ2v) is 6.60. The summed E-state index contributed by atoms with van der Waals surface area (Å²) in [5, 5.41) is 14.7. The van der Waals surface area contributed by atoms with E-state index in [9.17, 15) is 5.11 Å². The molecule has 4 nitrogen and oxygen atoms in total. The lowest BCUT2D eigenvalue weighted by molar-refractivity contribution is 0.475. The molecule has 0 aliphatic heterocycles. The van der Waals surface area contributed by atoms with Gasteiger partial charge in [0.05, 0.1) is 16.3 Å². The molecule has 3 aromatic rings. The van der Waals surface area contributed by atoms with E-state index in [4.69, 9.17) is 5.73 Å². The molecule has 22 heavy (non-hydrogen) atoms. The predicted molar refractivity (Wildman–Crippen MR) is 95.7 cm³/mol. The zero-order valence-corrected chi connectivity index (χ0v) is 13.5. The molecule has 0 spiro atoms. The Morgan fingerprint density at radius 2 is 2.05 bits per heavy atom. The third-order valence-corrected chi connectivity index (χ3v) is 5.30. The highest BCUT2D eigenvalue weighted by molar-refractivity contribution is 7.22. The van der Waals surface area contributed by atoms with Crippen LogP contribution < -0.4 is 11.1 Å². The van der Waals surface area contributed by atoms with Crippen molar-refractivity contribution in [3.05, 3.63) is 52.7 Å². The lowest BCUT2D eigenvalue weighted by Crippen LogP contribution is -2.12. The molecular weight excluding hydrogens is 314 g/mol. The number of nitrogens with one attached hydrogen (secondary N) is 1. The third-order valence-electron chi connectivity index (χ3n) is 3.08. The molecule has 2 aromatic heterocycles. The van der Waals surface area contributed by atoms with E-state index in [-0.39, 0.29) is 5.75 Å². The van der Waals surface area contributed by atoms with Crippen LogP contribution >= 0.6 is 22.7 Å². The zero-order valence-electron chi connectivity index (χ0n) is 11.9. The van der Waals surface area contributed by atoms with Gasteiger partial charge in [-0.25, -0.2) is 4.99 Å². The monoisotopic (exact) mass is 329 g/mol. The molecule has 0 radical (unpaired) electrons. The summed E-state index contributed by atoms with van der Waals surface area (Å²) < 4.78 is 0. The van der Waals surface area contributed by atoms with E-state index in [1.807, 2.05) is 13.1 Å². The molecule has 0 aliphatic carbocycles. The fourth-order valence-electron chi connectivity index (χ4n) is 2.06. The number of rotatable bonds is 4. The van der Waals surface area contributed by atoms with Crippen molar-refractivity contribution in [3.63, 3.8) is 0 Å². The van der Waals surface area contributed by atoms with E-state index in [1.165, 1.54) is 4.88 Å². The number of phenolic OH excluding ortho intramolecular Hbond substituents is 1. The molecule has 6 heteroatoms. The van der Waals surface area contributed by atoms with Gasteiger partial charge in [-0.15, -0.1) is 22.7 Å². The minimum absolute atomic E-state index is 0.174. The molecule has 0 aliphatic rings. The molecule has 0 fully saturated rings. The van der Waals surface area contributed by atoms with Crippen molar-refractivity contribution in [2.75, 3.05) is 12.4 Å². The van der Waals surface area contributed by atoms with Crippen molar-refractivity contribution < 1.29 is 5.11 Å². The maximum Gasteiger partial charge on any atom is 0.143 e. The average Bonchev–Trinajstić information content (AvgIpc) is 3.16. The Bertz CT molecular complexity index is 807. The van der Waals surface area contributed by atoms with Crippen LogP contribution in [0.1, 0.15) is 4.88 Å². The lowest BCUT2D eigenvalue weighted by atomic mass is 10.3. The van der Waals surface area contributed by atoms with E-state index in [1.54, 1.807) is 46.9 Å². The SMILES string of the molecule is CNc1cc(-c2cccs2)sc1C(N)=Nc1cccc(O)c1. The minimum Gasteiger partial charge on any atom is -0.508 e. The first kappa shape index (κ1) is 14.6. The van der Waals surface area contributed by atoms with Crippen LogP contribution in [0.3, 0.4) is 0 Å². The number of phenols is 1. The largest absolute Gasteiger partial charge is 0.508 e. The summed E-state index contributed by atoms with van der Waals surface area (Å²) in [7, 11) is 1.87. The summed E-state index contributed by atoms with van der Waals surface area (Å²) in [6, 6.07) is 12.9. The Balaban J connectivity index is 2.00. The van der Waals surface area contributed by atoms with Gasteiger partial charge in [-0.2, -0.15) is 0 Å². The highest BCUT2D eigenvalue weighted by Crippen LogP contribution is 2.37. The summed E-state index contributed by atoms with van der Waals surface area (Å²) in [5.74, 6) is 0.608. The molecule has 0 amide bonds. The highest BCUT2D eigenvalue weighted by atomic mass is 32.1. The van der Waals surface area contributed by atoms with Crippen molar-refractivity contribution in [2.45, 2.75) is 0 Å². The molecular formula is C16H15N3OS2. The van der Waals surface area contributed by atoms with E-state index >= 15 is 0 Å². The van der Waals surface area contributed by atoms with Crippen LogP contribution in [0.5, 0.6) is 5.75 Å². The van der Waals surface area contributed by atoms with Crippen molar-refractivity contribution in [1.29, 1.82) is 0 Å². The van der Waals surface area contributed by atoms with Crippen LogP contribution in [0, 0.1) is 0 Å². The molecule has 0 saturated carbocycles. The van der Waals surface area contributed by atoms with Gasteiger partial charge in [0.25, 0.3) is 0 Å². The predicted octanol–water partition coefficient (Wildman–Crippen LogP) is 4.26. The normalized spacial score (nSPS) is 11.6. The van der Waals surface area contributed by atoms with Gasteiger partial charge in [0, 0.05) is 22.9 Å². The maximum absolute atomic E-state index is 9.51. The van der Waals surface area contributed by atoms with Gasteiger partial charge < -0.3 is 16.2 Å². The van der Waals surface area contributed by atoms with Crippen LogP contribution in [0.4, 0.5) is 11.4 Å². The van der Waals surface area contributed by atoms with Gasteiger partial charge in [0.2, 0.25) is 0 Å². The Morgan fingerprint density at radius 3 is 2.73 bits per heavy atom. The first-order chi connectivity index (χ1) is 10.7. The molecule has 0 atom stereocenters. The van der Waals surface area contributed by atoms with Gasteiger partial charge in [-0.05, 0) is 29.6 Å². The van der Waals surface area contributed by atoms with Gasteiger partial charge in [-0.3, -0.25) is 0 Å². The number of hydrogen-bond donors (Lipinski definition) is 3. The number of amidine groups is 1. The number of thiophene rings is 2. The molecule has 2 heterocycles. The molecule has 0 unspecified atom stereocenters. The second-order valence-electron chi connectivity index (χ2n) is 4.60. The van der Waals surface area contributed by atoms with Crippen LogP contribution in [0.15, 0.2) is 52.8 Å². The zero-order chi connectivity index (χ0) is 15.5. The van der Waals surface area contributed by atoms with Crippen LogP contribution in [-0.4, -0.2) is 18.0 Å². The number of benzene rings is 1. The lowest BCUT2D eigenvalue weighted by Gasteiger charge is -2.02. The standard InChI is InChI=1S/C16H15N3OS2/c1-18-12-9-14(13-6-3-7-21-13)22-15(12)16(17)19-10-4-2-5-11(20)8-10/h2-9,18,20H,1H3,(H2,17,19). The fraction of sp³-hybridized carbons (Fsp3) is 0.0625. The number of aliphatic imine (C=N–C) groups is 1. The Kier molecular flexibility index (Phi) is 4.13. The topological polar surface area (TPSA) is 70.6 Å². The number of anilines is 1. The van der Waals surface area contributed by atoms with Crippen molar-refractivity contribution in [1.82, 2.24) is 0 Å². The summed E-state index contributed by atoms with van der Waals surface area (Å²) in [6.45, 7) is 0. The number of nitrogens with zero attached hydrogens (tertiary/aromatic N) is 1. The van der Waals surface area contributed by atoms with Crippen LogP contribution in [-0.2, 0) is 0 Å². The number of hydrogen-bond acceptors (Lipinski definition) is 5. The van der Waals surface area contributed by atoms with Crippen molar-refractivity contribution in [2.24, 2.45) is 10.7 Å². The van der Waals surface area contributed by atoms with E-state index in [2.05, 4.69) is 27.8 Å². The van der Waals surface area contributed by atoms with E-state index < -0.39 is 0 Å². The smallest absolute Gasteiger partial charge is 0.143 e. The number of aromatic hydroxyl groups is 1. The molecule has 3 rings (SSSR count). The van der Waals surface area contributed by atoms with E-state index in [0.29, 0.717) is 11.5 Å². The molecule has 4 N–H and O–H groups in total. The Hall–Kier alpha value is -2.31. The van der Waals surface area contributed by atoms with Gasteiger partial charge in [0.1, 0.15) is 11.6 Å². The third kappa shape index (κ3) is 2.98. The van der Waals surface area contributed by atoms with Crippen molar-refractivity contribution in [3.8, 4) is 15.5 Å². The molecule has 0 saturated heterocycles. The van der Waals surface area contributed by atoms with Crippen LogP contribution in [0.25, 0.3) is 9.75 Å². The minimum atomic E-state index is 0.174. The quantitative estimate of drug-likeness (QED) is 0.495. The van der Waals surface area contributed by atoms with Crippen molar-refractivity contribution >= 4 is 39.9 Å². The summed E-state index contributed by atoms with van der Waals surface area (Å²) in [5.41, 5.74) is 7.75. The van der Waals surface area contributed by atoms with Crippen LogP contribution in [0.2, 0.25) is 0 Å². The molecule has 112 valence electrons. The van der Waals surface area contributed by atoms with E-state index in [0.717, 1.165) is 15.4 Å². The van der Waals surface area contributed by atoms with Gasteiger partial charge >= 0.3 is 0 Å². The number of nitrogens with two attached hydrogens (primary N) is 1. The summed E-state index contributed by atoms with van der Waals surface area (Å²) in [6.07, 6.45) is 0. The first-order valence-corrected chi connectivity index (χ1v) is 8.36. The maximum atomic E-state index is 9.51. The van der Waals surface area contributed by atoms with Gasteiger partial charge in [-0.1, -0.05) is 12.1 Å². The fourth-order valence-corrected chi connectivity index (χ4v) is 3.95. The Labute approximate surface area is 136 Å². The highest BCUT2D eigenvalue weighted by Gasteiger charge is 2.13. The molecule has 1 aromatic carbocycles. The summed E-state index contributed by atoms with van der Waals surface area (Å²) in [4.78, 5) is 7.66. The molecule has 0 bridgehead atoms. The second kappa shape index (κ2) is 6.21.